The first-order chi connectivity index (χ1) is 15.8. The lowest BCUT2D eigenvalue weighted by molar-refractivity contribution is -0.144. The SMILES string of the molecule is COC(=O)C(NC(=O)c1ccc(C#CC#CC[C@H](O)CO)cc1)C(C)(C)NC(=O)OC(C)(C)C. The van der Waals surface area contributed by atoms with E-state index in [4.69, 9.17) is 14.6 Å². The number of carbonyl (C=O) groups is 3. The summed E-state index contributed by atoms with van der Waals surface area (Å²) in [4.78, 5) is 37.4. The first-order valence-corrected chi connectivity index (χ1v) is 10.6. The van der Waals surface area contributed by atoms with Crippen LogP contribution in [0.2, 0.25) is 0 Å². The van der Waals surface area contributed by atoms with E-state index in [0.717, 1.165) is 0 Å². The van der Waals surface area contributed by atoms with Crippen molar-refractivity contribution in [2.24, 2.45) is 0 Å². The van der Waals surface area contributed by atoms with Crippen LogP contribution in [0.25, 0.3) is 0 Å². The second-order valence-corrected chi connectivity index (χ2v) is 8.95. The second kappa shape index (κ2) is 12.6. The molecule has 1 aromatic rings. The molecule has 0 heterocycles. The molecule has 0 radical (unpaired) electrons. The number of ether oxygens (including phenoxy) is 2. The van der Waals surface area contributed by atoms with Gasteiger partial charge in [-0.3, -0.25) is 4.79 Å². The van der Waals surface area contributed by atoms with Gasteiger partial charge in [-0.1, -0.05) is 11.8 Å². The number of alkyl carbamates (subject to hydrolysis) is 1. The summed E-state index contributed by atoms with van der Waals surface area (Å²) in [5.41, 5.74) is -1.09. The second-order valence-electron chi connectivity index (χ2n) is 8.95. The molecule has 4 N–H and O–H groups in total. The normalized spacial score (nSPS) is 12.6. The Morgan fingerprint density at radius 3 is 2.21 bits per heavy atom. The molecule has 0 aromatic heterocycles. The summed E-state index contributed by atoms with van der Waals surface area (Å²) >= 11 is 0. The molecule has 0 aliphatic heterocycles. The standard InChI is InChI=1S/C25H32N2O7/c1-24(2,3)34-23(32)27-25(4,5)20(22(31)33-6)26-21(30)18-14-12-17(13-15-18)10-8-7-9-11-19(29)16-28/h12-15,19-20,28-29H,11,16H2,1-6H3,(H,26,30)(H,27,32)/t19-,20?/m0/s1. The molecule has 0 saturated heterocycles. The number of hydrogen-bond acceptors (Lipinski definition) is 7. The maximum atomic E-state index is 12.8. The van der Waals surface area contributed by atoms with E-state index in [1.807, 2.05) is 0 Å². The topological polar surface area (TPSA) is 134 Å². The zero-order valence-electron chi connectivity index (χ0n) is 20.3. The number of hydrogen-bond donors (Lipinski definition) is 4. The highest BCUT2D eigenvalue weighted by Crippen LogP contribution is 2.15. The van der Waals surface area contributed by atoms with Crippen molar-refractivity contribution in [3.8, 4) is 23.7 Å². The van der Waals surface area contributed by atoms with Gasteiger partial charge < -0.3 is 30.3 Å². The van der Waals surface area contributed by atoms with Gasteiger partial charge in [0.25, 0.3) is 5.91 Å². The van der Waals surface area contributed by atoms with Gasteiger partial charge >= 0.3 is 12.1 Å². The third-order valence-corrected chi connectivity index (χ3v) is 4.31. The van der Waals surface area contributed by atoms with Gasteiger partial charge in [0.1, 0.15) is 11.6 Å². The van der Waals surface area contributed by atoms with Crippen LogP contribution in [0.4, 0.5) is 4.79 Å². The third kappa shape index (κ3) is 9.95. The molecule has 34 heavy (non-hydrogen) atoms. The predicted octanol–water partition coefficient (Wildman–Crippen LogP) is 1.36. The highest BCUT2D eigenvalue weighted by molar-refractivity contribution is 5.97. The number of aliphatic hydroxyl groups is 2. The van der Waals surface area contributed by atoms with Crippen LogP contribution in [0, 0.1) is 23.7 Å². The number of benzene rings is 1. The van der Waals surface area contributed by atoms with Gasteiger partial charge in [0.05, 0.1) is 25.4 Å². The highest BCUT2D eigenvalue weighted by Gasteiger charge is 2.39. The minimum Gasteiger partial charge on any atom is -0.467 e. The van der Waals surface area contributed by atoms with Crippen LogP contribution in [0.15, 0.2) is 24.3 Å². The highest BCUT2D eigenvalue weighted by atomic mass is 16.6. The van der Waals surface area contributed by atoms with Crippen LogP contribution in [0.1, 0.15) is 57.0 Å². The molecule has 2 amide bonds. The number of methoxy groups -OCH3 is 1. The van der Waals surface area contributed by atoms with E-state index in [9.17, 15) is 19.5 Å². The summed E-state index contributed by atoms with van der Waals surface area (Å²) in [5.74, 6) is 9.34. The maximum absolute atomic E-state index is 12.8. The van der Waals surface area contributed by atoms with Gasteiger partial charge in [-0.2, -0.15) is 0 Å². The van der Waals surface area contributed by atoms with Gasteiger partial charge in [-0.25, -0.2) is 9.59 Å². The number of nitrogens with one attached hydrogen (secondary N) is 2. The Morgan fingerprint density at radius 2 is 1.68 bits per heavy atom. The molecule has 0 aliphatic carbocycles. The molecule has 0 bridgehead atoms. The van der Waals surface area contributed by atoms with Crippen molar-refractivity contribution >= 4 is 18.0 Å². The van der Waals surface area contributed by atoms with Crippen molar-refractivity contribution in [2.45, 2.75) is 64.3 Å². The van der Waals surface area contributed by atoms with Crippen LogP contribution in [-0.2, 0) is 14.3 Å². The molecule has 1 unspecified atom stereocenters. The monoisotopic (exact) mass is 472 g/mol. The van der Waals surface area contributed by atoms with E-state index in [1.54, 1.807) is 46.8 Å². The summed E-state index contributed by atoms with van der Waals surface area (Å²) in [6.07, 6.45) is -1.52. The minimum absolute atomic E-state index is 0.116. The number of rotatable bonds is 7. The Hall–Kier alpha value is -3.53. The lowest BCUT2D eigenvalue weighted by Gasteiger charge is -2.34. The molecule has 1 aromatic carbocycles. The molecular formula is C25H32N2O7. The predicted molar refractivity (Wildman–Crippen MR) is 126 cm³/mol. The number of esters is 1. The fourth-order valence-corrected chi connectivity index (χ4v) is 2.59. The van der Waals surface area contributed by atoms with Crippen molar-refractivity contribution in [1.82, 2.24) is 10.6 Å². The summed E-state index contributed by atoms with van der Waals surface area (Å²) in [6.45, 7) is 7.90. The lowest BCUT2D eigenvalue weighted by Crippen LogP contribution is -2.62. The molecule has 2 atom stereocenters. The summed E-state index contributed by atoms with van der Waals surface area (Å²) in [7, 11) is 1.19. The first kappa shape index (κ1) is 28.5. The fraction of sp³-hybridized carbons (Fsp3) is 0.480. The number of aliphatic hydroxyl groups excluding tert-OH is 2. The van der Waals surface area contributed by atoms with Crippen molar-refractivity contribution < 1.29 is 34.1 Å². The quantitative estimate of drug-likeness (QED) is 0.348. The fourth-order valence-electron chi connectivity index (χ4n) is 2.59. The van der Waals surface area contributed by atoms with Crippen LogP contribution in [-0.4, -0.2) is 65.2 Å². The Balaban J connectivity index is 2.92. The smallest absolute Gasteiger partial charge is 0.408 e. The molecular weight excluding hydrogens is 440 g/mol. The van der Waals surface area contributed by atoms with E-state index >= 15 is 0 Å². The van der Waals surface area contributed by atoms with Gasteiger partial charge in [-0.05, 0) is 70.7 Å². The number of amides is 2. The van der Waals surface area contributed by atoms with Crippen LogP contribution >= 0.6 is 0 Å². The molecule has 1 rings (SSSR count). The van der Waals surface area contributed by atoms with Gasteiger partial charge in [0, 0.05) is 17.5 Å². The molecule has 0 spiro atoms. The van der Waals surface area contributed by atoms with Crippen LogP contribution < -0.4 is 10.6 Å². The van der Waals surface area contributed by atoms with Crippen LogP contribution in [0.5, 0.6) is 0 Å². The molecule has 9 heteroatoms. The Morgan fingerprint density at radius 1 is 1.06 bits per heavy atom. The van der Waals surface area contributed by atoms with Crippen molar-refractivity contribution in [3.63, 3.8) is 0 Å². The first-order valence-electron chi connectivity index (χ1n) is 10.6. The molecule has 0 fully saturated rings. The zero-order valence-corrected chi connectivity index (χ0v) is 20.3. The molecule has 184 valence electrons. The summed E-state index contributed by atoms with van der Waals surface area (Å²) in [5, 5.41) is 23.1. The summed E-state index contributed by atoms with van der Waals surface area (Å²) < 4.78 is 10.1. The lowest BCUT2D eigenvalue weighted by atomic mass is 9.94. The number of carbonyl (C=O) groups excluding carboxylic acids is 3. The molecule has 0 saturated carbocycles. The largest absolute Gasteiger partial charge is 0.467 e. The minimum atomic E-state index is -1.22. The van der Waals surface area contributed by atoms with Gasteiger partial charge in [0.2, 0.25) is 0 Å². The molecule has 9 nitrogen and oxygen atoms in total. The van der Waals surface area contributed by atoms with Gasteiger partial charge in [0.15, 0.2) is 0 Å². The Kier molecular flexibility index (Phi) is 10.6. The van der Waals surface area contributed by atoms with Crippen molar-refractivity contribution in [2.75, 3.05) is 13.7 Å². The van der Waals surface area contributed by atoms with Crippen molar-refractivity contribution in [1.29, 1.82) is 0 Å². The van der Waals surface area contributed by atoms with Gasteiger partial charge in [-0.15, -0.1) is 0 Å². The van der Waals surface area contributed by atoms with E-state index in [0.29, 0.717) is 5.56 Å². The molecule has 0 aliphatic rings. The average molecular weight is 473 g/mol. The van der Waals surface area contributed by atoms with E-state index in [-0.39, 0.29) is 18.6 Å². The van der Waals surface area contributed by atoms with Crippen molar-refractivity contribution in [3.05, 3.63) is 35.4 Å². The van der Waals surface area contributed by atoms with E-state index in [2.05, 4.69) is 34.3 Å². The summed E-state index contributed by atoms with van der Waals surface area (Å²) in [6, 6.07) is 5.10. The van der Waals surface area contributed by atoms with Crippen LogP contribution in [0.3, 0.4) is 0 Å². The Bertz CT molecular complexity index is 987. The zero-order chi connectivity index (χ0) is 25.9. The maximum Gasteiger partial charge on any atom is 0.408 e. The van der Waals surface area contributed by atoms with E-state index in [1.165, 1.54) is 19.2 Å². The Labute approximate surface area is 200 Å². The third-order valence-electron chi connectivity index (χ3n) is 4.31. The average Bonchev–Trinajstić information content (AvgIpc) is 2.74. The van der Waals surface area contributed by atoms with E-state index < -0.39 is 41.3 Å².